The number of amides is 1. The van der Waals surface area contributed by atoms with Crippen molar-refractivity contribution in [3.8, 4) is 28.8 Å². The lowest BCUT2D eigenvalue weighted by atomic mass is 10.1. The van der Waals surface area contributed by atoms with Gasteiger partial charge in [0.25, 0.3) is 5.91 Å². The number of nitrogens with one attached hydrogen (secondary N) is 2. The summed E-state index contributed by atoms with van der Waals surface area (Å²) in [5, 5.41) is 9.25. The van der Waals surface area contributed by atoms with Crippen molar-refractivity contribution in [1.82, 2.24) is 15.5 Å². The molecule has 3 aromatic rings. The maximum atomic E-state index is 12.9. The Morgan fingerprint density at radius 2 is 1.97 bits per heavy atom. The first-order valence-corrected chi connectivity index (χ1v) is 8.51. The van der Waals surface area contributed by atoms with Gasteiger partial charge in [0.1, 0.15) is 11.4 Å². The van der Waals surface area contributed by atoms with E-state index < -0.39 is 17.6 Å². The van der Waals surface area contributed by atoms with Crippen molar-refractivity contribution in [2.75, 3.05) is 13.7 Å². The maximum absolute atomic E-state index is 12.9. The van der Waals surface area contributed by atoms with E-state index >= 15 is 0 Å². The molecule has 0 spiro atoms. The molecule has 148 valence electrons. The van der Waals surface area contributed by atoms with Gasteiger partial charge in [-0.15, -0.1) is 0 Å². The average molecular weight is 399 g/mol. The Morgan fingerprint density at radius 3 is 2.72 bits per heavy atom. The van der Waals surface area contributed by atoms with E-state index in [9.17, 15) is 18.0 Å². The molecular formula is C21H16F3N3O2. The van der Waals surface area contributed by atoms with Gasteiger partial charge in [0, 0.05) is 11.1 Å². The summed E-state index contributed by atoms with van der Waals surface area (Å²) in [5.41, 5.74) is 0.578. The molecule has 0 radical (unpaired) electrons. The van der Waals surface area contributed by atoms with Gasteiger partial charge in [0.15, 0.2) is 0 Å². The van der Waals surface area contributed by atoms with Gasteiger partial charge in [0.05, 0.1) is 24.9 Å². The first-order valence-electron chi connectivity index (χ1n) is 8.51. The van der Waals surface area contributed by atoms with Crippen molar-refractivity contribution in [1.29, 1.82) is 0 Å². The van der Waals surface area contributed by atoms with E-state index in [1.165, 1.54) is 18.2 Å². The number of hydrogen-bond donors (Lipinski definition) is 2. The van der Waals surface area contributed by atoms with Crippen LogP contribution in [-0.2, 0) is 6.18 Å². The summed E-state index contributed by atoms with van der Waals surface area (Å²) in [6.07, 6.45) is -4.49. The number of H-pyrrole nitrogens is 1. The molecule has 8 heteroatoms. The molecule has 0 atom stereocenters. The number of carbonyl (C=O) groups is 1. The third-order valence-electron chi connectivity index (χ3n) is 3.98. The number of halogens is 3. The molecule has 1 amide bonds. The highest BCUT2D eigenvalue weighted by Crippen LogP contribution is 2.31. The van der Waals surface area contributed by atoms with Crippen LogP contribution in [0.3, 0.4) is 0 Å². The zero-order valence-corrected chi connectivity index (χ0v) is 15.3. The molecule has 0 bridgehead atoms. The number of nitrogens with zero attached hydrogens (tertiary/aromatic N) is 1. The molecule has 1 aromatic heterocycles. The average Bonchev–Trinajstić information content (AvgIpc) is 3.21. The van der Waals surface area contributed by atoms with Crippen LogP contribution in [-0.4, -0.2) is 29.8 Å². The third kappa shape index (κ3) is 4.96. The third-order valence-corrected chi connectivity index (χ3v) is 3.98. The lowest BCUT2D eigenvalue weighted by Gasteiger charge is -2.08. The quantitative estimate of drug-likeness (QED) is 0.655. The minimum atomic E-state index is -4.49. The van der Waals surface area contributed by atoms with Crippen LogP contribution in [0.1, 0.15) is 21.6 Å². The van der Waals surface area contributed by atoms with Gasteiger partial charge in [-0.05, 0) is 30.3 Å². The zero-order valence-electron chi connectivity index (χ0n) is 15.3. The van der Waals surface area contributed by atoms with Gasteiger partial charge >= 0.3 is 6.18 Å². The van der Waals surface area contributed by atoms with Crippen LogP contribution in [0.25, 0.3) is 11.3 Å². The highest BCUT2D eigenvalue weighted by molar-refractivity contribution is 5.93. The Bertz CT molecular complexity index is 1080. The van der Waals surface area contributed by atoms with Crippen LogP contribution in [0.2, 0.25) is 0 Å². The van der Waals surface area contributed by atoms with Gasteiger partial charge in [-0.3, -0.25) is 9.89 Å². The molecule has 0 saturated carbocycles. The van der Waals surface area contributed by atoms with Gasteiger partial charge in [-0.25, -0.2) is 0 Å². The number of rotatable bonds is 4. The van der Waals surface area contributed by atoms with E-state index in [1.807, 2.05) is 6.07 Å². The summed E-state index contributed by atoms with van der Waals surface area (Å²) in [7, 11) is 1.55. The highest BCUT2D eigenvalue weighted by atomic mass is 19.4. The molecule has 0 aliphatic carbocycles. The molecule has 0 aliphatic heterocycles. The van der Waals surface area contributed by atoms with Crippen molar-refractivity contribution in [3.05, 3.63) is 71.4 Å². The number of ether oxygens (including phenoxy) is 1. The Labute approximate surface area is 164 Å². The number of carbonyl (C=O) groups excluding carboxylic acids is 1. The van der Waals surface area contributed by atoms with E-state index in [0.717, 1.165) is 11.6 Å². The predicted octanol–water partition coefficient (Wildman–Crippen LogP) is 3.89. The summed E-state index contributed by atoms with van der Waals surface area (Å²) in [6, 6.07) is 13.8. The van der Waals surface area contributed by atoms with E-state index in [-0.39, 0.29) is 17.8 Å². The second-order valence-corrected chi connectivity index (χ2v) is 5.93. The largest absolute Gasteiger partial charge is 0.497 e. The molecule has 29 heavy (non-hydrogen) atoms. The molecule has 0 saturated heterocycles. The van der Waals surface area contributed by atoms with Crippen LogP contribution in [0.15, 0.2) is 54.6 Å². The van der Waals surface area contributed by atoms with Crippen LogP contribution < -0.4 is 10.1 Å². The molecular weight excluding hydrogens is 383 g/mol. The Balaban J connectivity index is 1.65. The number of aromatic nitrogens is 2. The van der Waals surface area contributed by atoms with Crippen molar-refractivity contribution >= 4 is 5.91 Å². The summed E-state index contributed by atoms with van der Waals surface area (Å²) in [4.78, 5) is 12.2. The first kappa shape index (κ1) is 20.0. The normalized spacial score (nSPS) is 10.8. The number of benzene rings is 2. The van der Waals surface area contributed by atoms with E-state index in [0.29, 0.717) is 11.4 Å². The Kier molecular flexibility index (Phi) is 5.88. The lowest BCUT2D eigenvalue weighted by Crippen LogP contribution is -2.23. The van der Waals surface area contributed by atoms with Crippen molar-refractivity contribution in [3.63, 3.8) is 0 Å². The molecule has 2 N–H and O–H groups in total. The smallest absolute Gasteiger partial charge is 0.417 e. The van der Waals surface area contributed by atoms with Crippen LogP contribution in [0.5, 0.6) is 5.75 Å². The van der Waals surface area contributed by atoms with Crippen molar-refractivity contribution < 1.29 is 22.7 Å². The van der Waals surface area contributed by atoms with Gasteiger partial charge in [-0.1, -0.05) is 36.1 Å². The number of alkyl halides is 3. The summed E-state index contributed by atoms with van der Waals surface area (Å²) in [6.45, 7) is -0.113. The second-order valence-electron chi connectivity index (χ2n) is 5.93. The highest BCUT2D eigenvalue weighted by Gasteiger charge is 2.32. The minimum absolute atomic E-state index is 0.113. The standard InChI is InChI=1S/C21H16F3N3O2/c1-29-16-9-4-7-15(12-16)18-13-19(27-26-18)20(28)25-11-5-8-14-6-2-3-10-17(14)21(22,23)24/h2-4,6-7,9-10,12-13H,11H2,1H3,(H,25,28)(H,26,27). The fourth-order valence-electron chi connectivity index (χ4n) is 2.57. The molecule has 2 aromatic carbocycles. The number of hydrogen-bond acceptors (Lipinski definition) is 3. The summed E-state index contributed by atoms with van der Waals surface area (Å²) >= 11 is 0. The van der Waals surface area contributed by atoms with E-state index in [2.05, 4.69) is 27.4 Å². The maximum Gasteiger partial charge on any atom is 0.417 e. The SMILES string of the molecule is COc1cccc(-c2cc(C(=O)NCC#Cc3ccccc3C(F)(F)F)[nH]n2)c1. The van der Waals surface area contributed by atoms with E-state index in [4.69, 9.17) is 4.74 Å². The molecule has 1 heterocycles. The van der Waals surface area contributed by atoms with Gasteiger partial charge < -0.3 is 10.1 Å². The lowest BCUT2D eigenvalue weighted by molar-refractivity contribution is -0.137. The van der Waals surface area contributed by atoms with Crippen LogP contribution in [0, 0.1) is 11.8 Å². The minimum Gasteiger partial charge on any atom is -0.497 e. The molecule has 0 fully saturated rings. The Hall–Kier alpha value is -3.73. The summed E-state index contributed by atoms with van der Waals surface area (Å²) in [5.74, 6) is 5.17. The fourth-order valence-corrected chi connectivity index (χ4v) is 2.57. The number of methoxy groups -OCH3 is 1. The first-order chi connectivity index (χ1) is 13.9. The van der Waals surface area contributed by atoms with Crippen molar-refractivity contribution in [2.45, 2.75) is 6.18 Å². The molecule has 0 unspecified atom stereocenters. The summed E-state index contributed by atoms with van der Waals surface area (Å²) < 4.78 is 44.0. The monoisotopic (exact) mass is 399 g/mol. The topological polar surface area (TPSA) is 67.0 Å². The van der Waals surface area contributed by atoms with E-state index in [1.54, 1.807) is 31.4 Å². The van der Waals surface area contributed by atoms with Gasteiger partial charge in [-0.2, -0.15) is 18.3 Å². The molecule has 3 rings (SSSR count). The van der Waals surface area contributed by atoms with Gasteiger partial charge in [0.2, 0.25) is 0 Å². The van der Waals surface area contributed by atoms with Crippen molar-refractivity contribution in [2.24, 2.45) is 0 Å². The second kappa shape index (κ2) is 8.52. The Morgan fingerprint density at radius 1 is 1.17 bits per heavy atom. The predicted molar refractivity (Wildman–Crippen MR) is 101 cm³/mol. The van der Waals surface area contributed by atoms with Crippen LogP contribution in [0.4, 0.5) is 13.2 Å². The molecule has 0 aliphatic rings. The fraction of sp³-hybridized carbons (Fsp3) is 0.143. The number of aromatic amines is 1. The zero-order chi connectivity index (χ0) is 20.9. The molecule has 5 nitrogen and oxygen atoms in total. The van der Waals surface area contributed by atoms with Crippen LogP contribution >= 0.6 is 0 Å².